The highest BCUT2D eigenvalue weighted by molar-refractivity contribution is 5.95. The Morgan fingerprint density at radius 1 is 0.706 bits per heavy atom. The summed E-state index contributed by atoms with van der Waals surface area (Å²) in [5.74, 6) is -4.66. The number of carboxylic acids is 1. The molecule has 21 heteroatoms. The van der Waals surface area contributed by atoms with Crippen LogP contribution in [0.2, 0.25) is 0 Å². The number of carboxylic acid groups (broad SMARTS) is 1. The van der Waals surface area contributed by atoms with Crippen molar-refractivity contribution < 1.29 is 71.9 Å². The molecule has 0 unspecified atom stereocenters. The fraction of sp³-hybridized carbons (Fsp3) is 0.766. The number of nitrogens with zero attached hydrogens (tertiary/aromatic N) is 4. The van der Waals surface area contributed by atoms with Crippen molar-refractivity contribution in [3.8, 4) is 0 Å². The molecule has 0 bridgehead atoms. The number of ether oxygens (including phenoxy) is 5. The fourth-order valence-corrected chi connectivity index (χ4v) is 11.9. The minimum atomic E-state index is -0.843. The largest absolute Gasteiger partial charge is 0.481 e. The van der Waals surface area contributed by atoms with Gasteiger partial charge in [0.25, 0.3) is 0 Å². The number of likely N-dealkylation sites (tertiary alicyclic amines) is 2. The summed E-state index contributed by atoms with van der Waals surface area (Å²) < 4.78 is 29.0. The lowest BCUT2D eigenvalue weighted by molar-refractivity contribution is -0.149. The van der Waals surface area contributed by atoms with E-state index >= 15 is 0 Å². The third-order valence-electron chi connectivity index (χ3n) is 17.0. The summed E-state index contributed by atoms with van der Waals surface area (Å²) in [5.41, 5.74) is 1.27. The second-order valence-electron chi connectivity index (χ2n) is 25.0. The summed E-state index contributed by atoms with van der Waals surface area (Å²) in [7, 11) is 8.59. The molecule has 0 saturated carbocycles. The van der Waals surface area contributed by atoms with Gasteiger partial charge in [0.05, 0.1) is 94.1 Å². The number of Topliss-reactive ketones (excluding diaryl/α,β-unsaturated/α-hetero) is 3. The first-order valence-corrected chi connectivity index (χ1v) is 31.0. The Balaban J connectivity index is 1.50. The molecule has 2 fully saturated rings. The summed E-state index contributed by atoms with van der Waals surface area (Å²) in [6.45, 7) is 21.4. The number of likely N-dealkylation sites (N-methyl/N-ethyl adjacent to an activating group) is 2. The number of carbonyl (C=O) groups is 9. The number of aliphatic carboxylic acids is 1. The van der Waals surface area contributed by atoms with E-state index in [0.29, 0.717) is 57.4 Å². The predicted octanol–water partition coefficient (Wildman–Crippen LogP) is 6.71. The molecule has 482 valence electrons. The molecule has 85 heavy (non-hydrogen) atoms. The molecule has 1 aromatic carbocycles. The molecule has 2 aliphatic rings. The van der Waals surface area contributed by atoms with E-state index in [0.717, 1.165) is 12.0 Å². The van der Waals surface area contributed by atoms with E-state index in [1.807, 2.05) is 74.4 Å². The lowest BCUT2D eigenvalue weighted by Crippen LogP contribution is -2.55. The van der Waals surface area contributed by atoms with Gasteiger partial charge in [0.1, 0.15) is 12.4 Å². The molecule has 0 aromatic heterocycles. The smallest absolute Gasteiger partial charge is 0.306 e. The topological polar surface area (TPSA) is 257 Å². The van der Waals surface area contributed by atoms with Crippen molar-refractivity contribution in [1.29, 1.82) is 0 Å². The molecule has 3 N–H and O–H groups in total. The highest BCUT2D eigenvalue weighted by Crippen LogP contribution is 2.32. The highest BCUT2D eigenvalue weighted by atomic mass is 16.5. The average Bonchev–Trinajstić information content (AvgIpc) is 3.36. The number of benzene rings is 1. The zero-order valence-corrected chi connectivity index (χ0v) is 54.0. The van der Waals surface area contributed by atoms with Crippen molar-refractivity contribution in [3.05, 3.63) is 29.8 Å². The standard InChI is InChI=1S/C64H106N6O15/c1-16-43(8)59(68(13)63(78)50(41(4)5)36-53(72)58(42(6)7)67(11)12)55(81-14)37-57(75)70-27-17-18-52(70)60(82-15)45(10)62(77)66-51(34-40(2)3)54(73)39-85-38-46-19-21-48(22-20-46)65-61(76)44(9)35-49(71)25-30-83-32-33-84-31-26-56(74)69-28-23-47(24-29-69)64(79)80/h19-22,40-45,47,50-52,55,58-60H,16-18,23-39H2,1-15H3,(H,65,76)(H,66,77)(H,79,80)/t43-,44-,45+,50-,51-,52-,55+,58-,59-,60+/m0/s1. The molecule has 2 saturated heterocycles. The molecule has 2 aliphatic heterocycles. The SMILES string of the molecule is CC[C@H](C)[C@@H]([C@@H](CC(=O)N1CCC[C@H]1[C@H](OC)[C@@H](C)C(=O)N[C@@H](CC(C)C)C(=O)COCc1ccc(NC(=O)[C@@H](C)CC(=O)CCOCCOCCC(=O)N2CCC(C(=O)O)CC2)cc1)OC)N(C)C(=O)[C@@H](CC(=O)[C@H](C(C)C)N(C)C)C(C)C. The number of ketones is 3. The van der Waals surface area contributed by atoms with Crippen LogP contribution in [0.4, 0.5) is 5.69 Å². The van der Waals surface area contributed by atoms with Crippen LogP contribution < -0.4 is 10.6 Å². The van der Waals surface area contributed by atoms with Crippen LogP contribution in [-0.4, -0.2) is 202 Å². The number of piperidine rings is 1. The Hall–Kier alpha value is -5.19. The van der Waals surface area contributed by atoms with Gasteiger partial charge < -0.3 is 54.1 Å². The molecule has 2 heterocycles. The maximum absolute atomic E-state index is 14.5. The first-order valence-electron chi connectivity index (χ1n) is 31.0. The Morgan fingerprint density at radius 2 is 1.33 bits per heavy atom. The van der Waals surface area contributed by atoms with Crippen LogP contribution in [0.15, 0.2) is 24.3 Å². The monoisotopic (exact) mass is 1200 g/mol. The number of hydrogen-bond acceptors (Lipinski definition) is 15. The van der Waals surface area contributed by atoms with Gasteiger partial charge in [-0.15, -0.1) is 0 Å². The summed E-state index contributed by atoms with van der Waals surface area (Å²) in [5, 5.41) is 15.0. The third-order valence-corrected chi connectivity index (χ3v) is 17.0. The van der Waals surface area contributed by atoms with Gasteiger partial charge in [-0.1, -0.05) is 87.8 Å². The van der Waals surface area contributed by atoms with E-state index in [1.54, 1.807) is 67.0 Å². The quantitative estimate of drug-likeness (QED) is 0.0577. The minimum absolute atomic E-state index is 0.0130. The fourth-order valence-electron chi connectivity index (χ4n) is 11.9. The van der Waals surface area contributed by atoms with Crippen molar-refractivity contribution in [1.82, 2.24) is 24.9 Å². The summed E-state index contributed by atoms with van der Waals surface area (Å²) in [6.07, 6.45) is 2.39. The molecule has 10 atom stereocenters. The van der Waals surface area contributed by atoms with Crippen LogP contribution >= 0.6 is 0 Å². The molecule has 0 radical (unpaired) electrons. The zero-order chi connectivity index (χ0) is 63.7. The minimum Gasteiger partial charge on any atom is -0.481 e. The van der Waals surface area contributed by atoms with Crippen molar-refractivity contribution in [2.45, 2.75) is 183 Å². The van der Waals surface area contributed by atoms with Gasteiger partial charge in [0.2, 0.25) is 29.5 Å². The van der Waals surface area contributed by atoms with E-state index in [4.69, 9.17) is 28.8 Å². The molecule has 0 spiro atoms. The van der Waals surface area contributed by atoms with Crippen LogP contribution in [-0.2, 0) is 73.4 Å². The molecule has 1 aromatic rings. The molecule has 0 aliphatic carbocycles. The first-order chi connectivity index (χ1) is 40.2. The van der Waals surface area contributed by atoms with Crippen LogP contribution in [0.3, 0.4) is 0 Å². The number of hydrogen-bond donors (Lipinski definition) is 3. The van der Waals surface area contributed by atoms with Gasteiger partial charge in [-0.25, -0.2) is 0 Å². The Morgan fingerprint density at radius 3 is 1.87 bits per heavy atom. The van der Waals surface area contributed by atoms with Crippen LogP contribution in [0.1, 0.15) is 145 Å². The van der Waals surface area contributed by atoms with E-state index < -0.39 is 60.0 Å². The van der Waals surface area contributed by atoms with Gasteiger partial charge >= 0.3 is 5.97 Å². The second-order valence-corrected chi connectivity index (χ2v) is 25.0. The van der Waals surface area contributed by atoms with Crippen molar-refractivity contribution in [3.63, 3.8) is 0 Å². The molecular weight excluding hydrogens is 1090 g/mol. The van der Waals surface area contributed by atoms with Crippen LogP contribution in [0, 0.1) is 47.3 Å². The van der Waals surface area contributed by atoms with E-state index in [1.165, 1.54) is 7.11 Å². The Bertz CT molecular complexity index is 2280. The maximum Gasteiger partial charge on any atom is 0.306 e. The van der Waals surface area contributed by atoms with Crippen molar-refractivity contribution >= 4 is 58.5 Å². The van der Waals surface area contributed by atoms with Crippen LogP contribution in [0.5, 0.6) is 0 Å². The van der Waals surface area contributed by atoms with Gasteiger partial charge in [0, 0.05) is 77.7 Å². The molecule has 3 rings (SSSR count). The second kappa shape index (κ2) is 37.5. The number of nitrogens with one attached hydrogen (secondary N) is 2. The number of carbonyl (C=O) groups excluding carboxylic acids is 8. The maximum atomic E-state index is 14.5. The van der Waals surface area contributed by atoms with E-state index in [-0.39, 0.29) is 148 Å². The number of methoxy groups -OCH3 is 2. The van der Waals surface area contributed by atoms with Gasteiger partial charge in [-0.05, 0) is 87.6 Å². The number of anilines is 1. The molecule has 5 amide bonds. The van der Waals surface area contributed by atoms with Gasteiger partial charge in [-0.3, -0.25) is 48.1 Å². The number of rotatable bonds is 40. The summed E-state index contributed by atoms with van der Waals surface area (Å²) in [6, 6.07) is 4.88. The van der Waals surface area contributed by atoms with E-state index in [9.17, 15) is 43.2 Å². The highest BCUT2D eigenvalue weighted by Gasteiger charge is 2.44. The summed E-state index contributed by atoms with van der Waals surface area (Å²) >= 11 is 0. The first kappa shape index (κ1) is 74.1. The number of amides is 5. The normalized spacial score (nSPS) is 18.1. The van der Waals surface area contributed by atoms with Crippen molar-refractivity contribution in [2.75, 3.05) is 93.3 Å². The van der Waals surface area contributed by atoms with Gasteiger partial charge in [0.15, 0.2) is 11.6 Å². The lowest BCUT2D eigenvalue weighted by Gasteiger charge is -2.41. The Kier molecular flexibility index (Phi) is 32.7. The van der Waals surface area contributed by atoms with Gasteiger partial charge in [-0.2, -0.15) is 0 Å². The Labute approximate surface area is 507 Å². The summed E-state index contributed by atoms with van der Waals surface area (Å²) in [4.78, 5) is 127. The average molecular weight is 1200 g/mol. The zero-order valence-electron chi connectivity index (χ0n) is 54.0. The molecular formula is C64H106N6O15. The predicted molar refractivity (Wildman–Crippen MR) is 324 cm³/mol. The van der Waals surface area contributed by atoms with E-state index in [2.05, 4.69) is 10.6 Å². The van der Waals surface area contributed by atoms with Crippen molar-refractivity contribution in [2.24, 2.45) is 47.3 Å². The molecule has 21 nitrogen and oxygen atoms in total. The van der Waals surface area contributed by atoms with Crippen LogP contribution in [0.25, 0.3) is 0 Å². The lowest BCUT2D eigenvalue weighted by atomic mass is 9.83. The third kappa shape index (κ3) is 23.8.